The molecule has 0 aromatic carbocycles. The quantitative estimate of drug-likeness (QED) is 0.117. The first-order chi connectivity index (χ1) is 16.8. The minimum Gasteiger partial charge on any atom is -0.481 e. The van der Waals surface area contributed by atoms with E-state index in [-0.39, 0.29) is 31.6 Å². The lowest BCUT2D eigenvalue weighted by Crippen LogP contribution is -2.58. The van der Waals surface area contributed by atoms with E-state index in [1.165, 1.54) is 12.5 Å². The molecule has 0 aliphatic carbocycles. The molecule has 4 atom stereocenters. The van der Waals surface area contributed by atoms with Crippen molar-refractivity contribution in [2.45, 2.75) is 70.1 Å². The van der Waals surface area contributed by atoms with Gasteiger partial charge in [0.2, 0.25) is 23.6 Å². The average Bonchev–Trinajstić information content (AvgIpc) is 3.28. The number of rotatable bonds is 16. The summed E-state index contributed by atoms with van der Waals surface area (Å²) in [4.78, 5) is 78.5. The zero-order chi connectivity index (χ0) is 27.4. The number of carboxylic acid groups (broad SMARTS) is 2. The first-order valence-corrected chi connectivity index (χ1v) is 11.2. The van der Waals surface area contributed by atoms with E-state index in [1.807, 2.05) is 0 Å². The first-order valence-electron chi connectivity index (χ1n) is 11.2. The highest BCUT2D eigenvalue weighted by Crippen LogP contribution is 2.07. The lowest BCUT2D eigenvalue weighted by molar-refractivity contribution is -0.143. The smallest absolute Gasteiger partial charge is 0.326 e. The second-order valence-electron chi connectivity index (χ2n) is 8.64. The number of carbonyl (C=O) groups is 6. The Morgan fingerprint density at radius 1 is 0.972 bits per heavy atom. The molecule has 15 nitrogen and oxygen atoms in total. The minimum absolute atomic E-state index is 0.0546. The molecule has 1 rings (SSSR count). The molecule has 10 N–H and O–H groups in total. The molecule has 0 fully saturated rings. The highest BCUT2D eigenvalue weighted by molar-refractivity contribution is 5.95. The zero-order valence-electron chi connectivity index (χ0n) is 20.0. The van der Waals surface area contributed by atoms with Crippen LogP contribution < -0.4 is 27.4 Å². The number of aliphatic carboxylic acids is 2. The molecule has 1 heterocycles. The molecule has 36 heavy (non-hydrogen) atoms. The predicted octanol–water partition coefficient (Wildman–Crippen LogP) is -2.40. The minimum atomic E-state index is -1.61. The van der Waals surface area contributed by atoms with Gasteiger partial charge in [-0.25, -0.2) is 9.78 Å². The Balaban J connectivity index is 3.05. The van der Waals surface area contributed by atoms with Crippen LogP contribution in [0.25, 0.3) is 0 Å². The summed E-state index contributed by atoms with van der Waals surface area (Å²) in [5.41, 5.74) is 11.1. The van der Waals surface area contributed by atoms with Crippen LogP contribution in [0, 0.1) is 5.92 Å². The van der Waals surface area contributed by atoms with Gasteiger partial charge in [0.1, 0.15) is 18.1 Å². The Morgan fingerprint density at radius 2 is 1.56 bits per heavy atom. The van der Waals surface area contributed by atoms with Crippen LogP contribution in [0.1, 0.15) is 45.2 Å². The summed E-state index contributed by atoms with van der Waals surface area (Å²) in [6.45, 7) is 3.55. The van der Waals surface area contributed by atoms with E-state index in [2.05, 4.69) is 25.9 Å². The van der Waals surface area contributed by atoms with Crippen molar-refractivity contribution < 1.29 is 39.0 Å². The molecule has 200 valence electrons. The van der Waals surface area contributed by atoms with E-state index in [1.54, 1.807) is 13.8 Å². The Bertz CT molecular complexity index is 935. The number of aromatic amines is 1. The SMILES string of the molecule is CC(C)CC(NC(=O)C(Cc1cnc[nH]1)NC(=O)C(CC(=O)O)NC(=O)C(N)CCC(N)=O)C(=O)O. The molecule has 4 unspecified atom stereocenters. The van der Waals surface area contributed by atoms with Gasteiger partial charge in [0.15, 0.2) is 0 Å². The third kappa shape index (κ3) is 10.9. The van der Waals surface area contributed by atoms with Gasteiger partial charge in [0.25, 0.3) is 0 Å². The van der Waals surface area contributed by atoms with Crippen LogP contribution in [0.3, 0.4) is 0 Å². The van der Waals surface area contributed by atoms with Crippen LogP contribution in [0.5, 0.6) is 0 Å². The second kappa shape index (κ2) is 14.4. The molecule has 0 saturated carbocycles. The highest BCUT2D eigenvalue weighted by Gasteiger charge is 2.32. The molecule has 0 saturated heterocycles. The van der Waals surface area contributed by atoms with Gasteiger partial charge in [0.05, 0.1) is 18.8 Å². The zero-order valence-corrected chi connectivity index (χ0v) is 20.0. The van der Waals surface area contributed by atoms with E-state index in [9.17, 15) is 39.0 Å². The van der Waals surface area contributed by atoms with Gasteiger partial charge in [-0.3, -0.25) is 24.0 Å². The molecular weight excluding hydrogens is 478 g/mol. The van der Waals surface area contributed by atoms with Gasteiger partial charge in [-0.15, -0.1) is 0 Å². The van der Waals surface area contributed by atoms with Gasteiger partial charge in [0, 0.05) is 24.7 Å². The van der Waals surface area contributed by atoms with E-state index < -0.39 is 66.2 Å². The van der Waals surface area contributed by atoms with Crippen molar-refractivity contribution in [3.8, 4) is 0 Å². The summed E-state index contributed by atoms with van der Waals surface area (Å²) in [6, 6.07) is -5.41. The Morgan fingerprint density at radius 3 is 2.06 bits per heavy atom. The van der Waals surface area contributed by atoms with Crippen LogP contribution in [0.15, 0.2) is 12.5 Å². The Hall–Kier alpha value is -4.01. The van der Waals surface area contributed by atoms with Crippen LogP contribution in [0.4, 0.5) is 0 Å². The number of amides is 4. The molecule has 0 radical (unpaired) electrons. The number of nitrogens with one attached hydrogen (secondary N) is 4. The first kappa shape index (κ1) is 30.0. The molecular formula is C21H33N7O8. The Labute approximate surface area is 206 Å². The van der Waals surface area contributed by atoms with Crippen LogP contribution in [0.2, 0.25) is 0 Å². The summed E-state index contributed by atoms with van der Waals surface area (Å²) in [5.74, 6) is -6.16. The molecule has 0 aliphatic heterocycles. The predicted molar refractivity (Wildman–Crippen MR) is 124 cm³/mol. The summed E-state index contributed by atoms with van der Waals surface area (Å²) in [7, 11) is 0. The fourth-order valence-corrected chi connectivity index (χ4v) is 3.15. The molecule has 0 aliphatic rings. The number of hydrogen-bond donors (Lipinski definition) is 8. The highest BCUT2D eigenvalue weighted by atomic mass is 16.4. The third-order valence-electron chi connectivity index (χ3n) is 4.98. The van der Waals surface area contributed by atoms with Gasteiger partial charge in [-0.2, -0.15) is 0 Å². The second-order valence-corrected chi connectivity index (χ2v) is 8.64. The summed E-state index contributed by atoms with van der Waals surface area (Å²) in [5, 5.41) is 25.6. The van der Waals surface area contributed by atoms with Crippen molar-refractivity contribution >= 4 is 35.6 Å². The van der Waals surface area contributed by atoms with Gasteiger partial charge in [-0.05, 0) is 18.8 Å². The number of carbonyl (C=O) groups excluding carboxylic acids is 4. The van der Waals surface area contributed by atoms with E-state index in [4.69, 9.17) is 11.5 Å². The van der Waals surface area contributed by atoms with Gasteiger partial charge >= 0.3 is 11.9 Å². The van der Waals surface area contributed by atoms with Crippen LogP contribution >= 0.6 is 0 Å². The van der Waals surface area contributed by atoms with Crippen LogP contribution in [-0.4, -0.2) is 79.9 Å². The van der Waals surface area contributed by atoms with Gasteiger partial charge < -0.3 is 42.6 Å². The van der Waals surface area contributed by atoms with E-state index in [0.29, 0.717) is 5.69 Å². The number of nitrogens with two attached hydrogens (primary N) is 2. The van der Waals surface area contributed by atoms with Crippen molar-refractivity contribution in [1.29, 1.82) is 0 Å². The molecule has 0 spiro atoms. The number of imidazole rings is 1. The largest absolute Gasteiger partial charge is 0.481 e. The van der Waals surface area contributed by atoms with Crippen molar-refractivity contribution in [1.82, 2.24) is 25.9 Å². The fourth-order valence-electron chi connectivity index (χ4n) is 3.15. The topological polar surface area (TPSA) is 260 Å². The van der Waals surface area contributed by atoms with E-state index in [0.717, 1.165) is 0 Å². The normalized spacial score (nSPS) is 14.2. The number of nitrogens with zero attached hydrogens (tertiary/aromatic N) is 1. The number of aromatic nitrogens is 2. The third-order valence-corrected chi connectivity index (χ3v) is 4.98. The van der Waals surface area contributed by atoms with Crippen molar-refractivity contribution in [3.63, 3.8) is 0 Å². The molecule has 1 aromatic rings. The van der Waals surface area contributed by atoms with Crippen molar-refractivity contribution in [3.05, 3.63) is 18.2 Å². The van der Waals surface area contributed by atoms with Crippen molar-refractivity contribution in [2.75, 3.05) is 0 Å². The maximum absolute atomic E-state index is 12.9. The summed E-state index contributed by atoms with van der Waals surface area (Å²) >= 11 is 0. The van der Waals surface area contributed by atoms with Gasteiger partial charge in [-0.1, -0.05) is 13.8 Å². The monoisotopic (exact) mass is 511 g/mol. The Kier molecular flexibility index (Phi) is 12.0. The number of H-pyrrole nitrogens is 1. The van der Waals surface area contributed by atoms with Crippen molar-refractivity contribution in [2.24, 2.45) is 17.4 Å². The molecule has 15 heteroatoms. The number of hydrogen-bond acceptors (Lipinski definition) is 8. The number of primary amides is 1. The fraction of sp³-hybridized carbons (Fsp3) is 0.571. The molecule has 0 bridgehead atoms. The summed E-state index contributed by atoms with van der Waals surface area (Å²) in [6.07, 6.45) is 1.58. The molecule has 4 amide bonds. The average molecular weight is 512 g/mol. The van der Waals surface area contributed by atoms with Crippen LogP contribution in [-0.2, 0) is 35.2 Å². The molecule has 1 aromatic heterocycles. The standard InChI is InChI=1S/C21H33N7O8/c1-10(2)5-15(21(35)36)28-19(33)13(6-11-8-24-9-25-11)27-20(34)14(7-17(30)31)26-18(32)12(22)3-4-16(23)29/h8-10,12-15H,3-7,22H2,1-2H3,(H2,23,29)(H,24,25)(H,26,32)(H,27,34)(H,28,33)(H,30,31)(H,35,36). The number of carboxylic acids is 2. The maximum Gasteiger partial charge on any atom is 0.326 e. The van der Waals surface area contributed by atoms with E-state index >= 15 is 0 Å². The maximum atomic E-state index is 12.9. The lowest BCUT2D eigenvalue weighted by atomic mass is 10.0. The lowest BCUT2D eigenvalue weighted by Gasteiger charge is -2.25. The summed E-state index contributed by atoms with van der Waals surface area (Å²) < 4.78 is 0.